The van der Waals surface area contributed by atoms with Crippen molar-refractivity contribution in [2.75, 3.05) is 41.0 Å². The molecule has 2 fully saturated rings. The predicted octanol–water partition coefficient (Wildman–Crippen LogP) is 3.69. The molecule has 1 saturated heterocycles. The van der Waals surface area contributed by atoms with Gasteiger partial charge in [-0.2, -0.15) is 0 Å². The summed E-state index contributed by atoms with van der Waals surface area (Å²) in [5, 5.41) is 14.6. The van der Waals surface area contributed by atoms with Gasteiger partial charge in [-0.15, -0.1) is 0 Å². The maximum Gasteiger partial charge on any atom is 0.234 e. The van der Waals surface area contributed by atoms with Crippen LogP contribution in [-0.2, 0) is 4.79 Å². The normalized spacial score (nSPS) is 25.7. The lowest BCUT2D eigenvalue weighted by Crippen LogP contribution is -2.56. The predicted molar refractivity (Wildman–Crippen MR) is 124 cm³/mol. The van der Waals surface area contributed by atoms with Gasteiger partial charge in [0.2, 0.25) is 11.7 Å². The molecule has 1 aromatic rings. The number of fused-ring (bicyclic) bond motifs is 1. The van der Waals surface area contributed by atoms with E-state index in [1.807, 2.05) is 12.1 Å². The molecule has 2 N–H and O–H groups in total. The largest absolute Gasteiger partial charge is 0.493 e. The molecule has 3 rings (SSSR count). The van der Waals surface area contributed by atoms with Crippen molar-refractivity contribution in [3.05, 3.63) is 17.7 Å². The third-order valence-corrected chi connectivity index (χ3v) is 7.15. The van der Waals surface area contributed by atoms with E-state index in [2.05, 4.69) is 17.1 Å². The number of piperidine rings is 1. The van der Waals surface area contributed by atoms with Gasteiger partial charge in [-0.25, -0.2) is 0 Å². The van der Waals surface area contributed by atoms with Crippen LogP contribution in [0.4, 0.5) is 0 Å². The summed E-state index contributed by atoms with van der Waals surface area (Å²) >= 11 is 0. The Morgan fingerprint density at radius 3 is 2.47 bits per heavy atom. The third kappa shape index (κ3) is 5.31. The molecule has 180 valence electrons. The first-order chi connectivity index (χ1) is 15.5. The molecule has 7 heteroatoms. The molecule has 0 aromatic heterocycles. The topological polar surface area (TPSA) is 80.3 Å². The minimum Gasteiger partial charge on any atom is -0.493 e. The first-order valence-electron chi connectivity index (χ1n) is 12.0. The molecule has 0 spiro atoms. The molecule has 1 amide bonds. The summed E-state index contributed by atoms with van der Waals surface area (Å²) in [7, 11) is 4.82. The SMILES string of the molecule is CCCCCNC(=O)CN1CC[C@]2(O)CCCC[C@H]2[C@@H]1c1cc(OC)c(OC)c(OC)c1. The molecular weight excluding hydrogens is 408 g/mol. The standard InChI is InChI=1S/C25H40N2O5/c1-5-6-9-13-26-22(28)17-27-14-12-25(29)11-8-7-10-19(25)23(27)18-15-20(30-2)24(32-4)21(16-18)31-3/h15-16,19,23,29H,5-14,17H2,1-4H3,(H,26,28)/t19-,23-,25+/m0/s1. The second kappa shape index (κ2) is 11.2. The van der Waals surface area contributed by atoms with E-state index in [1.165, 1.54) is 0 Å². The number of methoxy groups -OCH3 is 3. The summed E-state index contributed by atoms with van der Waals surface area (Å²) in [5.74, 6) is 1.83. The Hall–Kier alpha value is -1.99. The number of unbranched alkanes of at least 4 members (excludes halogenated alkanes) is 2. The van der Waals surface area contributed by atoms with E-state index in [1.54, 1.807) is 21.3 Å². The van der Waals surface area contributed by atoms with Crippen molar-refractivity contribution < 1.29 is 24.1 Å². The molecule has 1 aliphatic heterocycles. The van der Waals surface area contributed by atoms with Crippen LogP contribution in [0.25, 0.3) is 0 Å². The minimum atomic E-state index is -0.697. The van der Waals surface area contributed by atoms with Crippen LogP contribution >= 0.6 is 0 Å². The van der Waals surface area contributed by atoms with E-state index in [4.69, 9.17) is 14.2 Å². The Morgan fingerprint density at radius 1 is 1.12 bits per heavy atom. The van der Waals surface area contributed by atoms with Gasteiger partial charge in [0.05, 0.1) is 33.5 Å². The average Bonchev–Trinajstić information content (AvgIpc) is 2.80. The molecule has 32 heavy (non-hydrogen) atoms. The fourth-order valence-corrected chi connectivity index (χ4v) is 5.48. The lowest BCUT2D eigenvalue weighted by molar-refractivity contribution is -0.137. The number of nitrogens with zero attached hydrogens (tertiary/aromatic N) is 1. The van der Waals surface area contributed by atoms with Crippen LogP contribution in [0.15, 0.2) is 12.1 Å². The number of carbonyl (C=O) groups excluding carboxylic acids is 1. The maximum atomic E-state index is 12.8. The number of likely N-dealkylation sites (tertiary alicyclic amines) is 1. The molecule has 1 aliphatic carbocycles. The zero-order valence-electron chi connectivity index (χ0n) is 20.1. The fourth-order valence-electron chi connectivity index (χ4n) is 5.48. The van der Waals surface area contributed by atoms with Gasteiger partial charge in [0.15, 0.2) is 11.5 Å². The van der Waals surface area contributed by atoms with Crippen molar-refractivity contribution in [1.29, 1.82) is 0 Å². The van der Waals surface area contributed by atoms with E-state index in [0.717, 1.165) is 50.5 Å². The van der Waals surface area contributed by atoms with E-state index >= 15 is 0 Å². The summed E-state index contributed by atoms with van der Waals surface area (Å²) in [5.41, 5.74) is 0.292. The fraction of sp³-hybridized carbons (Fsp3) is 0.720. The Balaban J connectivity index is 1.91. The van der Waals surface area contributed by atoms with Gasteiger partial charge < -0.3 is 24.6 Å². The number of nitrogens with one attached hydrogen (secondary N) is 1. The number of rotatable bonds is 10. The van der Waals surface area contributed by atoms with Crippen LogP contribution in [0, 0.1) is 5.92 Å². The summed E-state index contributed by atoms with van der Waals surface area (Å²) in [6.07, 6.45) is 7.83. The first kappa shape index (κ1) is 24.6. The number of aliphatic hydroxyl groups is 1. The van der Waals surface area contributed by atoms with E-state index in [-0.39, 0.29) is 17.9 Å². The summed E-state index contributed by atoms with van der Waals surface area (Å²) < 4.78 is 16.7. The second-order valence-electron chi connectivity index (χ2n) is 9.14. The third-order valence-electron chi connectivity index (χ3n) is 7.15. The monoisotopic (exact) mass is 448 g/mol. The average molecular weight is 449 g/mol. The summed E-state index contributed by atoms with van der Waals surface area (Å²) in [6.45, 7) is 3.86. The van der Waals surface area contributed by atoms with Crippen molar-refractivity contribution in [2.45, 2.75) is 69.9 Å². The van der Waals surface area contributed by atoms with Crippen LogP contribution in [-0.4, -0.2) is 62.5 Å². The van der Waals surface area contributed by atoms with Crippen LogP contribution in [0.2, 0.25) is 0 Å². The van der Waals surface area contributed by atoms with Gasteiger partial charge in [-0.1, -0.05) is 32.6 Å². The molecule has 0 unspecified atom stereocenters. The molecular formula is C25H40N2O5. The van der Waals surface area contributed by atoms with Crippen molar-refractivity contribution in [3.63, 3.8) is 0 Å². The van der Waals surface area contributed by atoms with Crippen molar-refractivity contribution >= 4 is 5.91 Å². The van der Waals surface area contributed by atoms with Crippen LogP contribution < -0.4 is 19.5 Å². The molecule has 0 bridgehead atoms. The quantitative estimate of drug-likeness (QED) is 0.532. The van der Waals surface area contributed by atoms with Crippen LogP contribution in [0.1, 0.15) is 69.9 Å². The lowest BCUT2D eigenvalue weighted by Gasteiger charge is -2.52. The maximum absolute atomic E-state index is 12.8. The number of benzene rings is 1. The van der Waals surface area contributed by atoms with Gasteiger partial charge in [-0.3, -0.25) is 9.69 Å². The van der Waals surface area contributed by atoms with Crippen molar-refractivity contribution in [1.82, 2.24) is 10.2 Å². The highest BCUT2D eigenvalue weighted by molar-refractivity contribution is 5.78. The van der Waals surface area contributed by atoms with Gasteiger partial charge in [0.25, 0.3) is 0 Å². The number of carbonyl (C=O) groups is 1. The highest BCUT2D eigenvalue weighted by atomic mass is 16.5. The van der Waals surface area contributed by atoms with Crippen molar-refractivity contribution in [3.8, 4) is 17.2 Å². The van der Waals surface area contributed by atoms with Gasteiger partial charge in [0, 0.05) is 25.0 Å². The van der Waals surface area contributed by atoms with Gasteiger partial charge in [0.1, 0.15) is 0 Å². The van der Waals surface area contributed by atoms with E-state index in [9.17, 15) is 9.90 Å². The summed E-state index contributed by atoms with van der Waals surface area (Å²) in [4.78, 5) is 15.0. The molecule has 1 aromatic carbocycles. The number of hydrogen-bond acceptors (Lipinski definition) is 6. The highest BCUT2D eigenvalue weighted by Crippen LogP contribution is 2.51. The number of amides is 1. The molecule has 7 nitrogen and oxygen atoms in total. The Bertz CT molecular complexity index is 746. The van der Waals surface area contributed by atoms with Crippen LogP contribution in [0.5, 0.6) is 17.2 Å². The molecule has 1 saturated carbocycles. The van der Waals surface area contributed by atoms with Crippen LogP contribution in [0.3, 0.4) is 0 Å². The smallest absolute Gasteiger partial charge is 0.234 e. The second-order valence-corrected chi connectivity index (χ2v) is 9.14. The zero-order valence-corrected chi connectivity index (χ0v) is 20.1. The summed E-state index contributed by atoms with van der Waals surface area (Å²) in [6, 6.07) is 3.85. The molecule has 2 aliphatic rings. The van der Waals surface area contributed by atoms with Crippen molar-refractivity contribution in [2.24, 2.45) is 5.92 Å². The Morgan fingerprint density at radius 2 is 1.84 bits per heavy atom. The zero-order chi connectivity index (χ0) is 23.1. The molecule has 0 radical (unpaired) electrons. The number of ether oxygens (including phenoxy) is 3. The van der Waals surface area contributed by atoms with E-state index < -0.39 is 5.60 Å². The molecule has 1 heterocycles. The Kier molecular flexibility index (Phi) is 8.65. The number of hydrogen-bond donors (Lipinski definition) is 2. The van der Waals surface area contributed by atoms with Gasteiger partial charge in [-0.05, 0) is 43.4 Å². The Labute approximate surface area is 192 Å². The first-order valence-corrected chi connectivity index (χ1v) is 12.0. The van der Waals surface area contributed by atoms with Gasteiger partial charge >= 0.3 is 0 Å². The highest BCUT2D eigenvalue weighted by Gasteiger charge is 2.49. The molecule has 3 atom stereocenters. The lowest BCUT2D eigenvalue weighted by atomic mass is 9.66. The van der Waals surface area contributed by atoms with E-state index in [0.29, 0.717) is 43.3 Å². The minimum absolute atomic E-state index is 0.0415.